The number of rotatable bonds is 3. The molecule has 1 amide bonds. The number of nitrogens with zero attached hydrogens (tertiary/aromatic N) is 3. The molecule has 0 bridgehead atoms. The fourth-order valence-electron chi connectivity index (χ4n) is 3.77. The van der Waals surface area contributed by atoms with Crippen molar-refractivity contribution in [1.29, 1.82) is 0 Å². The summed E-state index contributed by atoms with van der Waals surface area (Å²) in [6.45, 7) is 6.58. The number of morpholine rings is 1. The summed E-state index contributed by atoms with van der Waals surface area (Å²) in [5.41, 5.74) is 0.554. The minimum atomic E-state index is -0.466. The topological polar surface area (TPSA) is 90.6 Å². The largest absolute Gasteiger partial charge is 0.366 e. The number of para-hydroxylation sites is 1. The van der Waals surface area contributed by atoms with Crippen molar-refractivity contribution in [2.75, 3.05) is 39.3 Å². The SMILES string of the molecule is C[C@@H]1CNCCN1C(=O)[C@@H]1CN(Cc2nc3ccccc3c(=O)[nH]2)CCO1. The first-order chi connectivity index (χ1) is 13.1. The molecule has 27 heavy (non-hydrogen) atoms. The van der Waals surface area contributed by atoms with Gasteiger partial charge < -0.3 is 19.9 Å². The first kappa shape index (κ1) is 18.1. The molecule has 2 aliphatic rings. The lowest BCUT2D eigenvalue weighted by Gasteiger charge is -2.39. The Morgan fingerprint density at radius 3 is 3.04 bits per heavy atom. The van der Waals surface area contributed by atoms with Crippen LogP contribution in [0.3, 0.4) is 0 Å². The van der Waals surface area contributed by atoms with Crippen LogP contribution in [-0.4, -0.2) is 77.2 Å². The monoisotopic (exact) mass is 371 g/mol. The minimum absolute atomic E-state index is 0.0497. The first-order valence-corrected chi connectivity index (χ1v) is 9.45. The van der Waals surface area contributed by atoms with E-state index < -0.39 is 6.10 Å². The van der Waals surface area contributed by atoms with Crippen LogP contribution in [-0.2, 0) is 16.1 Å². The van der Waals surface area contributed by atoms with Crippen LogP contribution in [0.1, 0.15) is 12.7 Å². The molecule has 4 rings (SSSR count). The van der Waals surface area contributed by atoms with E-state index in [0.717, 1.165) is 13.1 Å². The summed E-state index contributed by atoms with van der Waals surface area (Å²) >= 11 is 0. The van der Waals surface area contributed by atoms with E-state index in [1.165, 1.54) is 0 Å². The van der Waals surface area contributed by atoms with Crippen molar-refractivity contribution in [3.8, 4) is 0 Å². The molecule has 0 unspecified atom stereocenters. The van der Waals surface area contributed by atoms with E-state index in [0.29, 0.717) is 49.5 Å². The summed E-state index contributed by atoms with van der Waals surface area (Å²) in [5, 5.41) is 3.88. The summed E-state index contributed by atoms with van der Waals surface area (Å²) < 4.78 is 5.76. The average Bonchev–Trinajstić information content (AvgIpc) is 2.68. The number of carbonyl (C=O) groups excluding carboxylic acids is 1. The van der Waals surface area contributed by atoms with Crippen LogP contribution in [0.15, 0.2) is 29.1 Å². The van der Waals surface area contributed by atoms with Gasteiger partial charge in [0.2, 0.25) is 0 Å². The van der Waals surface area contributed by atoms with Crippen molar-refractivity contribution in [3.05, 3.63) is 40.4 Å². The summed E-state index contributed by atoms with van der Waals surface area (Å²) in [6, 6.07) is 7.48. The molecule has 2 saturated heterocycles. The molecule has 0 radical (unpaired) electrons. The highest BCUT2D eigenvalue weighted by Crippen LogP contribution is 2.14. The smallest absolute Gasteiger partial charge is 0.258 e. The molecule has 0 saturated carbocycles. The molecule has 2 aliphatic heterocycles. The van der Waals surface area contributed by atoms with Gasteiger partial charge in [0.1, 0.15) is 11.9 Å². The number of nitrogens with one attached hydrogen (secondary N) is 2. The zero-order valence-corrected chi connectivity index (χ0v) is 15.5. The Morgan fingerprint density at radius 2 is 2.19 bits per heavy atom. The summed E-state index contributed by atoms with van der Waals surface area (Å²) in [7, 11) is 0. The normalized spacial score (nSPS) is 24.3. The van der Waals surface area contributed by atoms with Crippen LogP contribution in [0.2, 0.25) is 0 Å². The third-order valence-electron chi connectivity index (χ3n) is 5.25. The van der Waals surface area contributed by atoms with E-state index in [4.69, 9.17) is 4.74 Å². The lowest BCUT2D eigenvalue weighted by molar-refractivity contribution is -0.152. The molecule has 2 atom stereocenters. The third kappa shape index (κ3) is 3.87. The Hall–Kier alpha value is -2.29. The van der Waals surface area contributed by atoms with E-state index in [9.17, 15) is 9.59 Å². The van der Waals surface area contributed by atoms with Gasteiger partial charge in [-0.25, -0.2) is 4.98 Å². The number of benzene rings is 1. The van der Waals surface area contributed by atoms with Gasteiger partial charge in [0.25, 0.3) is 11.5 Å². The van der Waals surface area contributed by atoms with Crippen molar-refractivity contribution >= 4 is 16.8 Å². The van der Waals surface area contributed by atoms with Crippen LogP contribution in [0.4, 0.5) is 0 Å². The van der Waals surface area contributed by atoms with E-state index >= 15 is 0 Å². The molecule has 8 nitrogen and oxygen atoms in total. The molecule has 8 heteroatoms. The van der Waals surface area contributed by atoms with Crippen molar-refractivity contribution in [2.45, 2.75) is 25.6 Å². The van der Waals surface area contributed by atoms with Crippen molar-refractivity contribution in [2.24, 2.45) is 0 Å². The van der Waals surface area contributed by atoms with Crippen molar-refractivity contribution < 1.29 is 9.53 Å². The number of fused-ring (bicyclic) bond motifs is 1. The van der Waals surface area contributed by atoms with Crippen LogP contribution in [0, 0.1) is 0 Å². The summed E-state index contributed by atoms with van der Waals surface area (Å²) in [4.78, 5) is 36.6. The van der Waals surface area contributed by atoms with Crippen LogP contribution in [0.5, 0.6) is 0 Å². The zero-order valence-electron chi connectivity index (χ0n) is 15.5. The molecule has 1 aromatic heterocycles. The highest BCUT2D eigenvalue weighted by Gasteiger charge is 2.33. The number of aromatic nitrogens is 2. The second-order valence-electron chi connectivity index (χ2n) is 7.21. The maximum absolute atomic E-state index is 12.9. The van der Waals surface area contributed by atoms with Gasteiger partial charge in [0, 0.05) is 38.8 Å². The lowest BCUT2D eigenvalue weighted by Crippen LogP contribution is -2.58. The van der Waals surface area contributed by atoms with Gasteiger partial charge in [-0.15, -0.1) is 0 Å². The second-order valence-corrected chi connectivity index (χ2v) is 7.21. The molecular formula is C19H25N5O3. The number of H-pyrrole nitrogens is 1. The predicted octanol–water partition coefficient (Wildman–Crippen LogP) is -0.0558. The Morgan fingerprint density at radius 1 is 1.33 bits per heavy atom. The number of aromatic amines is 1. The van der Waals surface area contributed by atoms with Gasteiger partial charge in [-0.1, -0.05) is 12.1 Å². The minimum Gasteiger partial charge on any atom is -0.366 e. The van der Waals surface area contributed by atoms with Crippen molar-refractivity contribution in [3.63, 3.8) is 0 Å². The van der Waals surface area contributed by atoms with E-state index in [2.05, 4.69) is 20.2 Å². The van der Waals surface area contributed by atoms with Gasteiger partial charge >= 0.3 is 0 Å². The third-order valence-corrected chi connectivity index (χ3v) is 5.25. The number of hydrogen-bond donors (Lipinski definition) is 2. The number of ether oxygens (including phenoxy) is 1. The maximum atomic E-state index is 12.9. The Kier molecular flexibility index (Phi) is 5.20. The van der Waals surface area contributed by atoms with Crippen LogP contribution >= 0.6 is 0 Å². The van der Waals surface area contributed by atoms with E-state index in [-0.39, 0.29) is 17.5 Å². The first-order valence-electron chi connectivity index (χ1n) is 9.45. The standard InChI is InChI=1S/C19H25N5O3/c1-13-10-20-6-7-24(13)19(26)16-11-23(8-9-27-16)12-17-21-15-5-3-2-4-14(15)18(25)22-17/h2-5,13,16,20H,6-12H2,1H3,(H,21,22,25)/t13-,16+/m1/s1. The van der Waals surface area contributed by atoms with Gasteiger partial charge in [0.15, 0.2) is 0 Å². The number of carbonyl (C=O) groups is 1. The predicted molar refractivity (Wildman–Crippen MR) is 101 cm³/mol. The zero-order chi connectivity index (χ0) is 18.8. The van der Waals surface area contributed by atoms with Gasteiger partial charge in [-0.3, -0.25) is 14.5 Å². The summed E-state index contributed by atoms with van der Waals surface area (Å²) in [5.74, 6) is 0.663. The van der Waals surface area contributed by atoms with E-state index in [1.807, 2.05) is 30.0 Å². The Bertz CT molecular complexity index is 883. The second kappa shape index (κ2) is 7.75. The molecule has 2 N–H and O–H groups in total. The Labute approximate surface area is 157 Å². The Balaban J connectivity index is 1.45. The molecular weight excluding hydrogens is 346 g/mol. The van der Waals surface area contributed by atoms with Crippen LogP contribution < -0.4 is 10.9 Å². The molecule has 144 valence electrons. The molecule has 0 aliphatic carbocycles. The molecule has 2 fully saturated rings. The summed E-state index contributed by atoms with van der Waals surface area (Å²) in [6.07, 6.45) is -0.466. The molecule has 1 aromatic carbocycles. The van der Waals surface area contributed by atoms with E-state index in [1.54, 1.807) is 6.07 Å². The van der Waals surface area contributed by atoms with Crippen LogP contribution in [0.25, 0.3) is 10.9 Å². The molecule has 0 spiro atoms. The fourth-order valence-corrected chi connectivity index (χ4v) is 3.77. The lowest BCUT2D eigenvalue weighted by atomic mass is 10.1. The average molecular weight is 371 g/mol. The van der Waals surface area contributed by atoms with Gasteiger partial charge in [-0.2, -0.15) is 0 Å². The molecule has 3 heterocycles. The number of amides is 1. The van der Waals surface area contributed by atoms with Gasteiger partial charge in [-0.05, 0) is 19.1 Å². The highest BCUT2D eigenvalue weighted by molar-refractivity contribution is 5.81. The number of hydrogen-bond acceptors (Lipinski definition) is 6. The number of piperazine rings is 1. The molecule has 2 aromatic rings. The highest BCUT2D eigenvalue weighted by atomic mass is 16.5. The quantitative estimate of drug-likeness (QED) is 0.786. The maximum Gasteiger partial charge on any atom is 0.258 e. The van der Waals surface area contributed by atoms with Gasteiger partial charge in [0.05, 0.1) is 24.1 Å². The van der Waals surface area contributed by atoms with Crippen molar-refractivity contribution in [1.82, 2.24) is 25.1 Å². The fraction of sp³-hybridized carbons (Fsp3) is 0.526.